The maximum absolute atomic E-state index is 12.2. The van der Waals surface area contributed by atoms with Crippen LogP contribution in [-0.4, -0.2) is 37.0 Å². The van der Waals surface area contributed by atoms with Crippen LogP contribution >= 0.6 is 35.6 Å². The van der Waals surface area contributed by atoms with Gasteiger partial charge in [-0.2, -0.15) is 0 Å². The van der Waals surface area contributed by atoms with Crippen LogP contribution in [-0.2, 0) is 11.2 Å². The Labute approximate surface area is 129 Å². The third-order valence-corrected chi connectivity index (χ3v) is 4.07. The molecule has 6 heteroatoms. The zero-order chi connectivity index (χ0) is 13.1. The molecule has 1 fully saturated rings. The van der Waals surface area contributed by atoms with Crippen LogP contribution in [0.25, 0.3) is 0 Å². The van der Waals surface area contributed by atoms with E-state index in [0.717, 1.165) is 19.5 Å². The fraction of sp³-hybridized carbons (Fsp3) is 0.462. The summed E-state index contributed by atoms with van der Waals surface area (Å²) in [4.78, 5) is 14.0. The van der Waals surface area contributed by atoms with Crippen molar-refractivity contribution in [2.45, 2.75) is 18.9 Å². The van der Waals surface area contributed by atoms with Crippen molar-refractivity contribution in [2.24, 2.45) is 0 Å². The van der Waals surface area contributed by atoms with E-state index in [4.69, 9.17) is 23.2 Å². The average Bonchev–Trinajstić information content (AvgIpc) is 2.86. The van der Waals surface area contributed by atoms with Crippen LogP contribution in [0.15, 0.2) is 18.2 Å². The van der Waals surface area contributed by atoms with Gasteiger partial charge in [0.05, 0.1) is 6.42 Å². The molecule has 1 aromatic carbocycles. The molecule has 0 bridgehead atoms. The largest absolute Gasteiger partial charge is 0.341 e. The number of nitrogens with one attached hydrogen (secondary N) is 1. The van der Waals surface area contributed by atoms with Crippen molar-refractivity contribution < 1.29 is 4.79 Å². The van der Waals surface area contributed by atoms with Gasteiger partial charge < -0.3 is 10.2 Å². The minimum Gasteiger partial charge on any atom is -0.341 e. The van der Waals surface area contributed by atoms with E-state index in [1.807, 2.05) is 7.05 Å². The monoisotopic (exact) mass is 322 g/mol. The van der Waals surface area contributed by atoms with E-state index in [-0.39, 0.29) is 30.8 Å². The number of carbonyl (C=O) groups is 1. The maximum Gasteiger partial charge on any atom is 0.227 e. The summed E-state index contributed by atoms with van der Waals surface area (Å²) in [7, 11) is 1.84. The fourth-order valence-electron chi connectivity index (χ4n) is 2.15. The molecule has 0 aromatic heterocycles. The smallest absolute Gasteiger partial charge is 0.227 e. The van der Waals surface area contributed by atoms with E-state index in [1.165, 1.54) is 0 Å². The molecule has 1 unspecified atom stereocenters. The number of benzene rings is 1. The summed E-state index contributed by atoms with van der Waals surface area (Å²) >= 11 is 12.1. The zero-order valence-electron chi connectivity index (χ0n) is 10.7. The number of hydrogen-bond donors (Lipinski definition) is 1. The van der Waals surface area contributed by atoms with Crippen LogP contribution in [0.1, 0.15) is 12.0 Å². The highest BCUT2D eigenvalue weighted by Crippen LogP contribution is 2.25. The first-order valence-electron chi connectivity index (χ1n) is 5.99. The molecule has 19 heavy (non-hydrogen) atoms. The van der Waals surface area contributed by atoms with E-state index < -0.39 is 0 Å². The number of amides is 1. The second kappa shape index (κ2) is 7.34. The minimum atomic E-state index is 0. The predicted octanol–water partition coefficient (Wildman–Crippen LogP) is 2.78. The highest BCUT2D eigenvalue weighted by molar-refractivity contribution is 6.36. The van der Waals surface area contributed by atoms with Crippen LogP contribution in [0, 0.1) is 0 Å². The molecule has 1 N–H and O–H groups in total. The maximum atomic E-state index is 12.2. The molecule has 2 rings (SSSR count). The van der Waals surface area contributed by atoms with Gasteiger partial charge in [0.1, 0.15) is 0 Å². The SMILES string of the molecule is CN(C(=O)Cc1c(Cl)cccc1Cl)C1CCNC1.Cl. The summed E-state index contributed by atoms with van der Waals surface area (Å²) in [6.45, 7) is 1.83. The van der Waals surface area contributed by atoms with Crippen molar-refractivity contribution in [3.8, 4) is 0 Å². The summed E-state index contributed by atoms with van der Waals surface area (Å²) in [5.74, 6) is 0.0544. The number of rotatable bonds is 3. The van der Waals surface area contributed by atoms with Crippen molar-refractivity contribution in [3.63, 3.8) is 0 Å². The highest BCUT2D eigenvalue weighted by atomic mass is 35.5. The second-order valence-corrected chi connectivity index (χ2v) is 5.34. The van der Waals surface area contributed by atoms with Gasteiger partial charge in [-0.3, -0.25) is 4.79 Å². The quantitative estimate of drug-likeness (QED) is 0.927. The number of halogens is 3. The summed E-state index contributed by atoms with van der Waals surface area (Å²) in [6, 6.07) is 5.57. The molecule has 0 aliphatic carbocycles. The Morgan fingerprint density at radius 3 is 2.58 bits per heavy atom. The Hall–Kier alpha value is -0.480. The Kier molecular flexibility index (Phi) is 6.40. The van der Waals surface area contributed by atoms with Crippen LogP contribution in [0.5, 0.6) is 0 Å². The van der Waals surface area contributed by atoms with Gasteiger partial charge in [0.15, 0.2) is 0 Å². The molecule has 3 nitrogen and oxygen atoms in total. The van der Waals surface area contributed by atoms with Crippen molar-refractivity contribution in [2.75, 3.05) is 20.1 Å². The Morgan fingerprint density at radius 1 is 1.42 bits per heavy atom. The van der Waals surface area contributed by atoms with E-state index in [9.17, 15) is 4.79 Å². The predicted molar refractivity (Wildman–Crippen MR) is 81.5 cm³/mol. The van der Waals surface area contributed by atoms with Crippen LogP contribution < -0.4 is 5.32 Å². The van der Waals surface area contributed by atoms with E-state index >= 15 is 0 Å². The van der Waals surface area contributed by atoms with Crippen molar-refractivity contribution in [1.29, 1.82) is 0 Å². The molecule has 1 aromatic rings. The Morgan fingerprint density at radius 2 is 2.05 bits per heavy atom. The molecule has 1 atom stereocenters. The van der Waals surface area contributed by atoms with Gasteiger partial charge in [-0.25, -0.2) is 0 Å². The number of hydrogen-bond acceptors (Lipinski definition) is 2. The molecule has 1 saturated heterocycles. The number of nitrogens with zero attached hydrogens (tertiary/aromatic N) is 1. The van der Waals surface area contributed by atoms with Gasteiger partial charge >= 0.3 is 0 Å². The van der Waals surface area contributed by atoms with Crippen LogP contribution in [0.3, 0.4) is 0 Å². The standard InChI is InChI=1S/C13H16Cl2N2O.ClH/c1-17(9-5-6-16-8-9)13(18)7-10-11(14)3-2-4-12(10)15;/h2-4,9,16H,5-8H2,1H3;1H. The summed E-state index contributed by atoms with van der Waals surface area (Å²) in [5.41, 5.74) is 0.712. The van der Waals surface area contributed by atoms with E-state index in [0.29, 0.717) is 15.6 Å². The number of carbonyl (C=O) groups excluding carboxylic acids is 1. The lowest BCUT2D eigenvalue weighted by molar-refractivity contribution is -0.130. The molecule has 106 valence electrons. The first-order chi connectivity index (χ1) is 8.59. The molecule has 1 heterocycles. The van der Waals surface area contributed by atoms with E-state index in [1.54, 1.807) is 23.1 Å². The second-order valence-electron chi connectivity index (χ2n) is 4.53. The van der Waals surface area contributed by atoms with Gasteiger partial charge in [-0.05, 0) is 30.7 Å². The molecule has 1 amide bonds. The molecule has 0 spiro atoms. The lowest BCUT2D eigenvalue weighted by atomic mass is 10.1. The Balaban J connectivity index is 0.00000180. The van der Waals surface area contributed by atoms with Crippen molar-refractivity contribution in [3.05, 3.63) is 33.8 Å². The molecule has 1 aliphatic heterocycles. The van der Waals surface area contributed by atoms with Gasteiger partial charge in [-0.1, -0.05) is 29.3 Å². The fourth-order valence-corrected chi connectivity index (χ4v) is 2.68. The molecule has 1 aliphatic rings. The van der Waals surface area contributed by atoms with E-state index in [2.05, 4.69) is 5.32 Å². The lowest BCUT2D eigenvalue weighted by Gasteiger charge is -2.24. The normalized spacial score (nSPS) is 17.9. The average molecular weight is 324 g/mol. The summed E-state index contributed by atoms with van der Waals surface area (Å²) in [5, 5.41) is 4.35. The molecular weight excluding hydrogens is 307 g/mol. The van der Waals surface area contributed by atoms with Crippen molar-refractivity contribution >= 4 is 41.5 Å². The van der Waals surface area contributed by atoms with Gasteiger partial charge in [0.2, 0.25) is 5.91 Å². The van der Waals surface area contributed by atoms with Crippen LogP contribution in [0.2, 0.25) is 10.0 Å². The third-order valence-electron chi connectivity index (χ3n) is 3.37. The zero-order valence-corrected chi connectivity index (χ0v) is 13.0. The highest BCUT2D eigenvalue weighted by Gasteiger charge is 2.24. The molecule has 0 saturated carbocycles. The molecule has 0 radical (unpaired) electrons. The minimum absolute atomic E-state index is 0. The van der Waals surface area contributed by atoms with Crippen LogP contribution in [0.4, 0.5) is 0 Å². The van der Waals surface area contributed by atoms with Crippen molar-refractivity contribution in [1.82, 2.24) is 10.2 Å². The molecular formula is C13H17Cl3N2O. The lowest BCUT2D eigenvalue weighted by Crippen LogP contribution is -2.39. The van der Waals surface area contributed by atoms with Gasteiger partial charge in [0, 0.05) is 29.7 Å². The van der Waals surface area contributed by atoms with Gasteiger partial charge in [-0.15, -0.1) is 12.4 Å². The summed E-state index contributed by atoms with van der Waals surface area (Å²) < 4.78 is 0. The van der Waals surface area contributed by atoms with Gasteiger partial charge in [0.25, 0.3) is 0 Å². The first-order valence-corrected chi connectivity index (χ1v) is 6.74. The third kappa shape index (κ3) is 3.99. The topological polar surface area (TPSA) is 32.3 Å². The number of likely N-dealkylation sites (N-methyl/N-ethyl adjacent to an activating group) is 1. The Bertz CT molecular complexity index is 427. The first kappa shape index (κ1) is 16.6. The summed E-state index contributed by atoms with van der Waals surface area (Å²) in [6.07, 6.45) is 1.25.